The molecule has 142 valence electrons. The van der Waals surface area contributed by atoms with Crippen molar-refractivity contribution in [3.8, 4) is 0 Å². The molecule has 1 saturated heterocycles. The van der Waals surface area contributed by atoms with Gasteiger partial charge in [-0.05, 0) is 44.9 Å². The fraction of sp³-hybridized carbons (Fsp3) is 0.273. The number of fused-ring (bicyclic) bond motifs is 3. The van der Waals surface area contributed by atoms with Crippen LogP contribution in [0.4, 0.5) is 10.5 Å². The minimum Gasteiger partial charge on any atom is -0.456 e. The van der Waals surface area contributed by atoms with Gasteiger partial charge in [0.2, 0.25) is 0 Å². The molecule has 1 aliphatic rings. The Kier molecular flexibility index (Phi) is 3.86. The molecule has 3 heterocycles. The molecule has 2 amide bonds. The van der Waals surface area contributed by atoms with E-state index >= 15 is 0 Å². The van der Waals surface area contributed by atoms with Crippen molar-refractivity contribution in [1.29, 1.82) is 0 Å². The lowest BCUT2D eigenvalue weighted by atomic mass is 10.0. The summed E-state index contributed by atoms with van der Waals surface area (Å²) in [6, 6.07) is 13.8. The zero-order valence-corrected chi connectivity index (χ0v) is 16.0. The number of nitrogens with zero attached hydrogens (tertiary/aromatic N) is 2. The Morgan fingerprint density at radius 2 is 2.00 bits per heavy atom. The molecule has 6 nitrogen and oxygen atoms in total. The number of amides is 2. The van der Waals surface area contributed by atoms with Gasteiger partial charge < -0.3 is 14.6 Å². The molecule has 0 unspecified atom stereocenters. The second kappa shape index (κ2) is 6.41. The predicted molar refractivity (Wildman–Crippen MR) is 109 cm³/mol. The fourth-order valence-electron chi connectivity index (χ4n) is 4.36. The van der Waals surface area contributed by atoms with Crippen LogP contribution in [0.2, 0.25) is 0 Å². The maximum Gasteiger partial charge on any atom is 0.322 e. The summed E-state index contributed by atoms with van der Waals surface area (Å²) < 4.78 is 5.93. The molecule has 2 N–H and O–H groups in total. The normalized spacial score (nSPS) is 16.9. The highest BCUT2D eigenvalue weighted by molar-refractivity contribution is 6.06. The van der Waals surface area contributed by atoms with Crippen molar-refractivity contribution in [2.75, 3.05) is 11.9 Å². The van der Waals surface area contributed by atoms with E-state index in [1.165, 1.54) is 0 Å². The molecule has 2 aromatic carbocycles. The number of nitrogens with one attached hydrogen (secondary N) is 2. The number of benzene rings is 2. The van der Waals surface area contributed by atoms with Crippen LogP contribution >= 0.6 is 0 Å². The van der Waals surface area contributed by atoms with Gasteiger partial charge in [-0.15, -0.1) is 0 Å². The SMILES string of the molecule is Cc1n[nH]c(C)c1[C@@H]1CCCN1C(=O)Nc1ccc2c(c1)oc1ccccc12. The highest BCUT2D eigenvalue weighted by atomic mass is 16.3. The first-order valence-corrected chi connectivity index (χ1v) is 9.62. The summed E-state index contributed by atoms with van der Waals surface area (Å²) in [6.07, 6.45) is 1.95. The van der Waals surface area contributed by atoms with Crippen LogP contribution in [-0.4, -0.2) is 27.7 Å². The summed E-state index contributed by atoms with van der Waals surface area (Å²) >= 11 is 0. The van der Waals surface area contributed by atoms with Gasteiger partial charge in [0.1, 0.15) is 11.2 Å². The second-order valence-electron chi connectivity index (χ2n) is 7.44. The Morgan fingerprint density at radius 1 is 1.18 bits per heavy atom. The average Bonchev–Trinajstić information content (AvgIpc) is 3.38. The van der Waals surface area contributed by atoms with E-state index in [0.717, 1.165) is 64.0 Å². The zero-order valence-electron chi connectivity index (χ0n) is 16.0. The Balaban J connectivity index is 1.42. The van der Waals surface area contributed by atoms with E-state index in [-0.39, 0.29) is 12.1 Å². The first kappa shape index (κ1) is 16.9. The van der Waals surface area contributed by atoms with E-state index in [1.54, 1.807) is 0 Å². The summed E-state index contributed by atoms with van der Waals surface area (Å²) in [4.78, 5) is 14.9. The third-order valence-corrected chi connectivity index (χ3v) is 5.66. The zero-order chi connectivity index (χ0) is 19.3. The quantitative estimate of drug-likeness (QED) is 0.500. The molecular formula is C22H22N4O2. The van der Waals surface area contributed by atoms with Gasteiger partial charge in [0.05, 0.1) is 11.7 Å². The van der Waals surface area contributed by atoms with Gasteiger partial charge in [0.25, 0.3) is 0 Å². The molecular weight excluding hydrogens is 352 g/mol. The molecule has 0 radical (unpaired) electrons. The number of urea groups is 1. The number of anilines is 1. The number of hydrogen-bond acceptors (Lipinski definition) is 3. The van der Waals surface area contributed by atoms with Gasteiger partial charge in [-0.3, -0.25) is 5.10 Å². The van der Waals surface area contributed by atoms with E-state index in [1.807, 2.05) is 61.2 Å². The molecule has 6 heteroatoms. The van der Waals surface area contributed by atoms with Gasteiger partial charge in [-0.2, -0.15) is 5.10 Å². The molecule has 5 rings (SSSR count). The van der Waals surface area contributed by atoms with Gasteiger partial charge >= 0.3 is 6.03 Å². The van der Waals surface area contributed by atoms with Crippen LogP contribution in [0.3, 0.4) is 0 Å². The van der Waals surface area contributed by atoms with Gasteiger partial charge in [0, 0.05) is 40.3 Å². The van der Waals surface area contributed by atoms with Gasteiger partial charge in [-0.25, -0.2) is 4.79 Å². The monoisotopic (exact) mass is 374 g/mol. The first-order valence-electron chi connectivity index (χ1n) is 9.62. The summed E-state index contributed by atoms with van der Waals surface area (Å²) in [5, 5.41) is 12.5. The number of aromatic nitrogens is 2. The molecule has 0 bridgehead atoms. The third kappa shape index (κ3) is 2.64. The largest absolute Gasteiger partial charge is 0.456 e. The second-order valence-corrected chi connectivity index (χ2v) is 7.44. The standard InChI is InChI=1S/C22H22N4O2/c1-13-21(14(2)25-24-13)18-7-5-11-26(18)22(27)23-15-9-10-17-16-6-3-4-8-19(16)28-20(17)12-15/h3-4,6,8-10,12,18H,5,7,11H2,1-2H3,(H,23,27)(H,24,25)/t18-/m0/s1. The maximum absolute atomic E-state index is 13.0. The lowest BCUT2D eigenvalue weighted by Gasteiger charge is -2.25. The van der Waals surface area contributed by atoms with E-state index in [4.69, 9.17) is 4.42 Å². The van der Waals surface area contributed by atoms with Gasteiger partial charge in [0.15, 0.2) is 0 Å². The summed E-state index contributed by atoms with van der Waals surface area (Å²) in [5.74, 6) is 0. The van der Waals surface area contributed by atoms with Crippen LogP contribution in [0.5, 0.6) is 0 Å². The number of rotatable bonds is 2. The van der Waals surface area contributed by atoms with E-state index in [2.05, 4.69) is 15.5 Å². The number of para-hydroxylation sites is 1. The Labute approximate surface area is 162 Å². The van der Waals surface area contributed by atoms with E-state index in [0.29, 0.717) is 0 Å². The van der Waals surface area contributed by atoms with Gasteiger partial charge in [-0.1, -0.05) is 18.2 Å². The van der Waals surface area contributed by atoms with Crippen LogP contribution in [0.15, 0.2) is 46.9 Å². The number of aryl methyl sites for hydroxylation is 2. The smallest absolute Gasteiger partial charge is 0.322 e. The Hall–Kier alpha value is -3.28. The van der Waals surface area contributed by atoms with Crippen molar-refractivity contribution in [1.82, 2.24) is 15.1 Å². The number of furan rings is 1. The van der Waals surface area contributed by atoms with E-state index < -0.39 is 0 Å². The molecule has 2 aromatic heterocycles. The summed E-state index contributed by atoms with van der Waals surface area (Å²) in [5.41, 5.74) is 5.50. The fourth-order valence-corrected chi connectivity index (χ4v) is 4.36. The molecule has 1 aliphatic heterocycles. The third-order valence-electron chi connectivity index (χ3n) is 5.66. The van der Waals surface area contributed by atoms with Crippen molar-refractivity contribution < 1.29 is 9.21 Å². The highest BCUT2D eigenvalue weighted by Crippen LogP contribution is 2.36. The molecule has 28 heavy (non-hydrogen) atoms. The van der Waals surface area contributed by atoms with Crippen LogP contribution in [0.1, 0.15) is 35.8 Å². The number of carbonyl (C=O) groups excluding carboxylic acids is 1. The molecule has 1 atom stereocenters. The van der Waals surface area contributed by atoms with Crippen molar-refractivity contribution in [2.45, 2.75) is 32.7 Å². The van der Waals surface area contributed by atoms with Crippen LogP contribution in [0.25, 0.3) is 21.9 Å². The molecule has 0 aliphatic carbocycles. The van der Waals surface area contributed by atoms with Crippen molar-refractivity contribution >= 4 is 33.7 Å². The summed E-state index contributed by atoms with van der Waals surface area (Å²) in [7, 11) is 0. The minimum atomic E-state index is -0.0852. The predicted octanol–water partition coefficient (Wildman–Crippen LogP) is 5.29. The number of H-pyrrole nitrogens is 1. The van der Waals surface area contributed by atoms with Crippen molar-refractivity contribution in [3.63, 3.8) is 0 Å². The van der Waals surface area contributed by atoms with E-state index in [9.17, 15) is 4.79 Å². The van der Waals surface area contributed by atoms with Crippen LogP contribution in [0, 0.1) is 13.8 Å². The van der Waals surface area contributed by atoms with Crippen molar-refractivity contribution in [2.24, 2.45) is 0 Å². The summed E-state index contributed by atoms with van der Waals surface area (Å²) in [6.45, 7) is 4.75. The number of carbonyl (C=O) groups is 1. The van der Waals surface area contributed by atoms with Crippen LogP contribution in [-0.2, 0) is 0 Å². The topological polar surface area (TPSA) is 74.2 Å². The molecule has 4 aromatic rings. The minimum absolute atomic E-state index is 0.0636. The maximum atomic E-state index is 13.0. The highest BCUT2D eigenvalue weighted by Gasteiger charge is 2.33. The number of hydrogen-bond donors (Lipinski definition) is 2. The Morgan fingerprint density at radius 3 is 2.82 bits per heavy atom. The molecule has 0 saturated carbocycles. The van der Waals surface area contributed by atoms with Crippen molar-refractivity contribution in [3.05, 3.63) is 59.4 Å². The first-order chi connectivity index (χ1) is 13.6. The number of aromatic amines is 1. The van der Waals surface area contributed by atoms with Crippen LogP contribution < -0.4 is 5.32 Å². The average molecular weight is 374 g/mol. The lowest BCUT2D eigenvalue weighted by Crippen LogP contribution is -2.34. The molecule has 0 spiro atoms. The number of likely N-dealkylation sites (tertiary alicyclic amines) is 1. The molecule has 1 fully saturated rings. The lowest BCUT2D eigenvalue weighted by molar-refractivity contribution is 0.207. The Bertz CT molecular complexity index is 1170.